The smallest absolute Gasteiger partial charge is 0.407 e. The number of carbonyl (C=O) groups is 4. The first-order valence-corrected chi connectivity index (χ1v) is 10.2. The van der Waals surface area contributed by atoms with Crippen molar-refractivity contribution in [3.63, 3.8) is 0 Å². The Morgan fingerprint density at radius 1 is 1.00 bits per heavy atom. The number of nitrogens with zero attached hydrogens (tertiary/aromatic N) is 1. The molecule has 8 heteroatoms. The molecule has 1 N–H and O–H groups in total. The van der Waals surface area contributed by atoms with E-state index in [0.29, 0.717) is 5.06 Å². The lowest BCUT2D eigenvalue weighted by Gasteiger charge is -2.20. The Bertz CT molecular complexity index is 988. The second kappa shape index (κ2) is 8.59. The lowest BCUT2D eigenvalue weighted by molar-refractivity contribution is -0.198. The highest BCUT2D eigenvalue weighted by molar-refractivity contribution is 6.01. The third kappa shape index (κ3) is 4.01. The molecule has 1 atom stereocenters. The Kier molecular flexibility index (Phi) is 5.70. The fraction of sp³-hybridized carbons (Fsp3) is 0.304. The van der Waals surface area contributed by atoms with Gasteiger partial charge in [0.2, 0.25) is 0 Å². The molecule has 0 bridgehead atoms. The van der Waals surface area contributed by atoms with Gasteiger partial charge in [-0.25, -0.2) is 9.59 Å². The molecule has 0 radical (unpaired) electrons. The molecule has 0 saturated carbocycles. The van der Waals surface area contributed by atoms with Crippen molar-refractivity contribution in [2.24, 2.45) is 0 Å². The number of hydrogen-bond acceptors (Lipinski definition) is 6. The summed E-state index contributed by atoms with van der Waals surface area (Å²) in [6, 6.07) is 14.9. The molecule has 0 unspecified atom stereocenters. The van der Waals surface area contributed by atoms with Crippen LogP contribution in [0.2, 0.25) is 0 Å². The molecule has 3 amide bonds. The summed E-state index contributed by atoms with van der Waals surface area (Å²) in [6.45, 7) is 1.78. The first kappa shape index (κ1) is 20.6. The van der Waals surface area contributed by atoms with Crippen molar-refractivity contribution >= 4 is 23.9 Å². The fourth-order valence-electron chi connectivity index (χ4n) is 3.92. The van der Waals surface area contributed by atoms with Crippen LogP contribution in [0.25, 0.3) is 11.1 Å². The second-order valence-electron chi connectivity index (χ2n) is 7.42. The number of rotatable bonds is 6. The van der Waals surface area contributed by atoms with Crippen LogP contribution >= 0.6 is 0 Å². The summed E-state index contributed by atoms with van der Waals surface area (Å²) in [7, 11) is 0. The molecule has 2 aromatic rings. The highest BCUT2D eigenvalue weighted by Gasteiger charge is 2.35. The van der Waals surface area contributed by atoms with Crippen molar-refractivity contribution in [2.45, 2.75) is 38.1 Å². The Balaban J connectivity index is 1.38. The van der Waals surface area contributed by atoms with Crippen molar-refractivity contribution in [1.82, 2.24) is 10.4 Å². The van der Waals surface area contributed by atoms with E-state index in [4.69, 9.17) is 9.57 Å². The van der Waals surface area contributed by atoms with E-state index in [2.05, 4.69) is 5.32 Å². The highest BCUT2D eigenvalue weighted by Crippen LogP contribution is 2.44. The molecule has 0 spiro atoms. The van der Waals surface area contributed by atoms with Crippen molar-refractivity contribution in [3.05, 3.63) is 59.7 Å². The summed E-state index contributed by atoms with van der Waals surface area (Å²) in [5.41, 5.74) is 4.38. The van der Waals surface area contributed by atoms with Crippen LogP contribution in [-0.2, 0) is 24.0 Å². The number of benzene rings is 2. The number of hydroxylamine groups is 2. The van der Waals surface area contributed by atoms with Crippen LogP contribution in [0.1, 0.15) is 43.2 Å². The van der Waals surface area contributed by atoms with E-state index < -0.39 is 29.9 Å². The zero-order valence-corrected chi connectivity index (χ0v) is 17.0. The van der Waals surface area contributed by atoms with Crippen LogP contribution in [0, 0.1) is 0 Å². The number of hydrogen-bond donors (Lipinski definition) is 1. The van der Waals surface area contributed by atoms with Gasteiger partial charge in [0, 0.05) is 18.8 Å². The monoisotopic (exact) mass is 422 g/mol. The van der Waals surface area contributed by atoms with E-state index in [0.717, 1.165) is 22.3 Å². The quantitative estimate of drug-likeness (QED) is 0.719. The molecule has 1 heterocycles. The van der Waals surface area contributed by atoms with Gasteiger partial charge in [-0.1, -0.05) is 55.5 Å². The molecular formula is C23H22N2O6. The lowest BCUT2D eigenvalue weighted by atomic mass is 9.98. The fourth-order valence-corrected chi connectivity index (χ4v) is 3.92. The minimum absolute atomic E-state index is 0.00269. The predicted molar refractivity (Wildman–Crippen MR) is 109 cm³/mol. The van der Waals surface area contributed by atoms with E-state index in [1.54, 1.807) is 6.92 Å². The number of carbonyl (C=O) groups excluding carboxylic acids is 4. The number of fused-ring (bicyclic) bond motifs is 3. The van der Waals surface area contributed by atoms with E-state index >= 15 is 0 Å². The van der Waals surface area contributed by atoms with Gasteiger partial charge in [0.05, 0.1) is 0 Å². The van der Waals surface area contributed by atoms with Crippen molar-refractivity contribution in [1.29, 1.82) is 0 Å². The SMILES string of the molecule is CC[C@H](NC(=O)OCC1c2ccccc2-c2ccccc21)C(=O)ON1C(=O)CCC1=O. The molecule has 1 saturated heterocycles. The third-order valence-corrected chi connectivity index (χ3v) is 5.52. The van der Waals surface area contributed by atoms with E-state index in [9.17, 15) is 19.2 Å². The van der Waals surface area contributed by atoms with E-state index in [-0.39, 0.29) is 31.8 Å². The minimum Gasteiger partial charge on any atom is -0.449 e. The van der Waals surface area contributed by atoms with Gasteiger partial charge in [0.25, 0.3) is 11.8 Å². The van der Waals surface area contributed by atoms with E-state index in [1.165, 1.54) is 0 Å². The lowest BCUT2D eigenvalue weighted by Crippen LogP contribution is -2.45. The Morgan fingerprint density at radius 3 is 2.10 bits per heavy atom. The number of nitrogens with one attached hydrogen (secondary N) is 1. The molecule has 1 aliphatic heterocycles. The van der Waals surface area contributed by atoms with Gasteiger partial charge >= 0.3 is 12.1 Å². The van der Waals surface area contributed by atoms with Gasteiger partial charge in [0.1, 0.15) is 12.6 Å². The zero-order chi connectivity index (χ0) is 22.0. The first-order chi connectivity index (χ1) is 15.0. The number of alkyl carbamates (subject to hydrolysis) is 1. The summed E-state index contributed by atoms with van der Waals surface area (Å²) >= 11 is 0. The Hall–Kier alpha value is -3.68. The van der Waals surface area contributed by atoms with Gasteiger partial charge in [0.15, 0.2) is 0 Å². The molecule has 0 aromatic heterocycles. The van der Waals surface area contributed by atoms with Crippen molar-refractivity contribution < 1.29 is 28.8 Å². The number of amides is 3. The zero-order valence-electron chi connectivity index (χ0n) is 17.0. The highest BCUT2D eigenvalue weighted by atomic mass is 16.7. The largest absolute Gasteiger partial charge is 0.449 e. The minimum atomic E-state index is -1.04. The molecular weight excluding hydrogens is 400 g/mol. The summed E-state index contributed by atoms with van der Waals surface area (Å²) in [5.74, 6) is -2.15. The summed E-state index contributed by atoms with van der Waals surface area (Å²) < 4.78 is 5.43. The van der Waals surface area contributed by atoms with Crippen LogP contribution < -0.4 is 5.32 Å². The summed E-state index contributed by atoms with van der Waals surface area (Å²) in [6.07, 6.45) is -0.560. The van der Waals surface area contributed by atoms with Crippen molar-refractivity contribution in [3.8, 4) is 11.1 Å². The van der Waals surface area contributed by atoms with Crippen LogP contribution in [-0.4, -0.2) is 41.6 Å². The van der Waals surface area contributed by atoms with Gasteiger partial charge in [-0.3, -0.25) is 9.59 Å². The van der Waals surface area contributed by atoms with Gasteiger partial charge in [-0.2, -0.15) is 0 Å². The average molecular weight is 422 g/mol. The maximum Gasteiger partial charge on any atom is 0.407 e. The van der Waals surface area contributed by atoms with Gasteiger partial charge in [-0.15, -0.1) is 5.06 Å². The average Bonchev–Trinajstić information content (AvgIpc) is 3.27. The normalized spacial score (nSPS) is 16.0. The van der Waals surface area contributed by atoms with Crippen LogP contribution in [0.3, 0.4) is 0 Å². The number of imide groups is 1. The van der Waals surface area contributed by atoms with Crippen LogP contribution in [0.4, 0.5) is 4.79 Å². The van der Waals surface area contributed by atoms with Crippen molar-refractivity contribution in [2.75, 3.05) is 6.61 Å². The molecule has 2 aliphatic rings. The second-order valence-corrected chi connectivity index (χ2v) is 7.42. The molecule has 2 aromatic carbocycles. The maximum absolute atomic E-state index is 12.4. The van der Waals surface area contributed by atoms with E-state index in [1.807, 2.05) is 48.5 Å². The molecule has 8 nitrogen and oxygen atoms in total. The Morgan fingerprint density at radius 2 is 1.55 bits per heavy atom. The molecule has 1 aliphatic carbocycles. The predicted octanol–water partition coefficient (Wildman–Crippen LogP) is 2.91. The molecule has 160 valence electrons. The molecule has 1 fully saturated rings. The number of ether oxygens (including phenoxy) is 1. The van der Waals surface area contributed by atoms with Crippen LogP contribution in [0.15, 0.2) is 48.5 Å². The maximum atomic E-state index is 12.4. The van der Waals surface area contributed by atoms with Gasteiger partial charge in [-0.05, 0) is 28.7 Å². The Labute approximate surface area is 179 Å². The van der Waals surface area contributed by atoms with Gasteiger partial charge < -0.3 is 14.9 Å². The molecule has 4 rings (SSSR count). The summed E-state index contributed by atoms with van der Waals surface area (Å²) in [4.78, 5) is 52.8. The third-order valence-electron chi connectivity index (χ3n) is 5.52. The summed E-state index contributed by atoms with van der Waals surface area (Å²) in [5, 5.41) is 2.92. The van der Waals surface area contributed by atoms with Crippen LogP contribution in [0.5, 0.6) is 0 Å². The topological polar surface area (TPSA) is 102 Å². The first-order valence-electron chi connectivity index (χ1n) is 10.2. The molecule has 31 heavy (non-hydrogen) atoms. The standard InChI is InChI=1S/C23H22N2O6/c1-2-19(22(28)31-25-20(26)11-12-21(25)27)24-23(29)30-13-18-16-9-5-3-7-14(16)15-8-4-6-10-17(15)18/h3-10,18-19H,2,11-13H2,1H3,(H,24,29)/t19-/m0/s1.